The van der Waals surface area contributed by atoms with Gasteiger partial charge in [0, 0.05) is 49.2 Å². The van der Waals surface area contributed by atoms with Crippen LogP contribution >= 0.6 is 0 Å². The number of imidazole rings is 1. The number of nitriles is 1. The van der Waals surface area contributed by atoms with Gasteiger partial charge in [-0.25, -0.2) is 4.98 Å². The van der Waals surface area contributed by atoms with Crippen LogP contribution < -0.4 is 15.4 Å². The van der Waals surface area contributed by atoms with Gasteiger partial charge in [0.2, 0.25) is 0 Å². The van der Waals surface area contributed by atoms with Gasteiger partial charge in [-0.2, -0.15) is 5.26 Å². The summed E-state index contributed by atoms with van der Waals surface area (Å²) in [7, 11) is 0. The maximum Gasteiger partial charge on any atom is 0.255 e. The second-order valence-corrected chi connectivity index (χ2v) is 8.12. The van der Waals surface area contributed by atoms with Crippen molar-refractivity contribution >= 4 is 11.6 Å². The Bertz CT molecular complexity index is 1390. The van der Waals surface area contributed by atoms with Crippen LogP contribution in [0.25, 0.3) is 0 Å². The van der Waals surface area contributed by atoms with Crippen molar-refractivity contribution in [1.29, 1.82) is 5.26 Å². The van der Waals surface area contributed by atoms with Crippen LogP contribution in [0.3, 0.4) is 0 Å². The fraction of sp³-hybridized carbons (Fsp3) is 0.148. The van der Waals surface area contributed by atoms with Crippen molar-refractivity contribution in [2.75, 3.05) is 11.9 Å². The maximum atomic E-state index is 13.0. The lowest BCUT2D eigenvalue weighted by Crippen LogP contribution is -2.20. The molecule has 0 unspecified atom stereocenters. The summed E-state index contributed by atoms with van der Waals surface area (Å²) in [4.78, 5) is 17.3. The molecule has 0 saturated carbocycles. The monoisotopic (exact) mass is 449 g/mol. The third-order valence-corrected chi connectivity index (χ3v) is 5.78. The first-order chi connectivity index (χ1) is 16.7. The number of hydrogen-bond acceptors (Lipinski definition) is 5. The zero-order chi connectivity index (χ0) is 23.3. The average Bonchev–Trinajstić information content (AvgIpc) is 3.29. The van der Waals surface area contributed by atoms with Crippen molar-refractivity contribution in [2.24, 2.45) is 0 Å². The lowest BCUT2D eigenvalue weighted by molar-refractivity contribution is 0.102. The highest BCUT2D eigenvalue weighted by atomic mass is 16.5. The summed E-state index contributed by atoms with van der Waals surface area (Å²) in [5.74, 6) is 0.713. The van der Waals surface area contributed by atoms with Crippen molar-refractivity contribution < 1.29 is 9.53 Å². The maximum absolute atomic E-state index is 13.0. The third kappa shape index (κ3) is 4.68. The number of nitrogens with zero attached hydrogens (tertiary/aromatic N) is 3. The fourth-order valence-electron chi connectivity index (χ4n) is 4.00. The Kier molecular flexibility index (Phi) is 6.06. The molecule has 4 bridgehead atoms. The van der Waals surface area contributed by atoms with Gasteiger partial charge in [-0.1, -0.05) is 30.3 Å². The molecule has 3 aromatic carbocycles. The molecule has 1 aliphatic rings. The van der Waals surface area contributed by atoms with E-state index in [0.29, 0.717) is 35.7 Å². The van der Waals surface area contributed by atoms with Gasteiger partial charge in [0.1, 0.15) is 17.6 Å². The molecule has 168 valence electrons. The number of rotatable bonds is 0. The minimum Gasteiger partial charge on any atom is -0.456 e. The predicted octanol–water partition coefficient (Wildman–Crippen LogP) is 4.49. The minimum atomic E-state index is -0.225. The number of benzene rings is 3. The van der Waals surface area contributed by atoms with Gasteiger partial charge >= 0.3 is 0 Å². The number of nitrogens with one attached hydrogen (secondary N) is 2. The fourth-order valence-corrected chi connectivity index (χ4v) is 4.00. The van der Waals surface area contributed by atoms with Gasteiger partial charge in [-0.3, -0.25) is 4.79 Å². The van der Waals surface area contributed by atoms with Crippen molar-refractivity contribution in [3.63, 3.8) is 0 Å². The van der Waals surface area contributed by atoms with Gasteiger partial charge in [0.05, 0.1) is 11.9 Å². The van der Waals surface area contributed by atoms with E-state index >= 15 is 0 Å². The van der Waals surface area contributed by atoms with E-state index in [1.54, 1.807) is 30.3 Å². The van der Waals surface area contributed by atoms with Gasteiger partial charge < -0.3 is 19.9 Å². The first-order valence-electron chi connectivity index (χ1n) is 11.1. The van der Waals surface area contributed by atoms with Crippen molar-refractivity contribution in [3.05, 3.63) is 107 Å². The Morgan fingerprint density at radius 3 is 2.88 bits per heavy atom. The van der Waals surface area contributed by atoms with Crippen molar-refractivity contribution in [1.82, 2.24) is 14.9 Å². The van der Waals surface area contributed by atoms with Gasteiger partial charge in [-0.15, -0.1) is 0 Å². The Morgan fingerprint density at radius 2 is 1.97 bits per heavy atom. The normalized spacial score (nSPS) is 13.8. The molecule has 0 fully saturated rings. The second-order valence-electron chi connectivity index (χ2n) is 8.12. The number of hydrogen-bond donors (Lipinski definition) is 2. The van der Waals surface area contributed by atoms with Gasteiger partial charge in [-0.05, 0) is 47.5 Å². The van der Waals surface area contributed by atoms with Crippen LogP contribution in [0.5, 0.6) is 11.5 Å². The van der Waals surface area contributed by atoms with Crippen molar-refractivity contribution in [2.45, 2.75) is 19.5 Å². The first-order valence-corrected chi connectivity index (χ1v) is 11.1. The average molecular weight is 450 g/mol. The van der Waals surface area contributed by atoms with E-state index in [2.05, 4.69) is 26.3 Å². The largest absolute Gasteiger partial charge is 0.456 e. The molecule has 0 saturated heterocycles. The summed E-state index contributed by atoms with van der Waals surface area (Å²) in [6.07, 6.45) is 4.50. The van der Waals surface area contributed by atoms with Crippen LogP contribution in [0.1, 0.15) is 32.7 Å². The quantitative estimate of drug-likeness (QED) is 0.413. The molecule has 0 radical (unpaired) electrons. The molecule has 0 atom stereocenters. The summed E-state index contributed by atoms with van der Waals surface area (Å²) in [5.41, 5.74) is 4.76. The molecule has 4 aromatic rings. The van der Waals surface area contributed by atoms with Crippen LogP contribution in [-0.2, 0) is 19.5 Å². The number of amides is 1. The Labute approximate surface area is 197 Å². The summed E-state index contributed by atoms with van der Waals surface area (Å²) >= 11 is 0. The second kappa shape index (κ2) is 9.61. The molecule has 5 rings (SSSR count). The molecule has 1 amide bonds. The number of carbonyl (C=O) groups is 1. The highest BCUT2D eigenvalue weighted by molar-refractivity contribution is 6.04. The minimum absolute atomic E-state index is 0.225. The smallest absolute Gasteiger partial charge is 0.255 e. The molecule has 7 nitrogen and oxygen atoms in total. The summed E-state index contributed by atoms with van der Waals surface area (Å²) in [5, 5.41) is 16.1. The van der Waals surface area contributed by atoms with Crippen molar-refractivity contribution in [3.8, 4) is 17.6 Å². The third-order valence-electron chi connectivity index (χ3n) is 5.78. The lowest BCUT2D eigenvalue weighted by atomic mass is 10.1. The molecular weight excluding hydrogens is 426 g/mol. The van der Waals surface area contributed by atoms with E-state index in [0.717, 1.165) is 35.5 Å². The van der Waals surface area contributed by atoms with E-state index in [1.807, 2.05) is 48.9 Å². The number of carbonyl (C=O) groups excluding carboxylic acids is 1. The van der Waals surface area contributed by atoms with Crippen LogP contribution in [0, 0.1) is 11.3 Å². The summed E-state index contributed by atoms with van der Waals surface area (Å²) < 4.78 is 8.18. The zero-order valence-corrected chi connectivity index (χ0v) is 18.5. The molecule has 2 heterocycles. The number of anilines is 1. The van der Waals surface area contributed by atoms with E-state index in [1.165, 1.54) is 0 Å². The van der Waals surface area contributed by atoms with Crippen LogP contribution in [0.2, 0.25) is 0 Å². The van der Waals surface area contributed by atoms with Gasteiger partial charge in [0.25, 0.3) is 5.91 Å². The SMILES string of the molecule is N#Cc1ccc2cc1Oc1cccc(c1)C(=O)Nc1ccccc1CNCCc1cncn1C2. The van der Waals surface area contributed by atoms with Gasteiger partial charge in [0.15, 0.2) is 0 Å². The topological polar surface area (TPSA) is 92.0 Å². The molecule has 7 heteroatoms. The summed E-state index contributed by atoms with van der Waals surface area (Å²) in [6, 6.07) is 22.5. The highest BCUT2D eigenvalue weighted by Gasteiger charge is 2.13. The first kappa shape index (κ1) is 21.4. The van der Waals surface area contributed by atoms with E-state index < -0.39 is 0 Å². The summed E-state index contributed by atoms with van der Waals surface area (Å²) in [6.45, 7) is 2.01. The highest BCUT2D eigenvalue weighted by Crippen LogP contribution is 2.28. The van der Waals surface area contributed by atoms with Crippen LogP contribution in [0.4, 0.5) is 5.69 Å². The molecule has 34 heavy (non-hydrogen) atoms. The molecule has 2 N–H and O–H groups in total. The van der Waals surface area contributed by atoms with Crippen LogP contribution in [-0.4, -0.2) is 22.0 Å². The number of fused-ring (bicyclic) bond motifs is 6. The number of para-hydroxylation sites is 1. The molecular formula is C27H23N5O2. The molecule has 1 aromatic heterocycles. The Balaban J connectivity index is 1.54. The molecule has 0 spiro atoms. The van der Waals surface area contributed by atoms with E-state index in [-0.39, 0.29) is 5.91 Å². The van der Waals surface area contributed by atoms with Crippen LogP contribution in [0.15, 0.2) is 79.3 Å². The lowest BCUT2D eigenvalue weighted by Gasteiger charge is -2.15. The Hall–Kier alpha value is -4.41. The molecule has 0 aliphatic carbocycles. The number of ether oxygens (including phenoxy) is 1. The standard InChI is InChI=1S/C27H23N5O2/c28-14-21-9-8-19-12-26(21)34-24-6-3-5-20(13-24)27(33)31-25-7-2-1-4-22(25)15-29-11-10-23-16-30-18-32(23)17-19/h1-9,12-13,16,18,29H,10-11,15,17H2,(H,31,33). The zero-order valence-electron chi connectivity index (χ0n) is 18.5. The van der Waals surface area contributed by atoms with E-state index in [9.17, 15) is 10.1 Å². The number of aromatic nitrogens is 2. The predicted molar refractivity (Wildman–Crippen MR) is 129 cm³/mol. The Morgan fingerprint density at radius 1 is 1.06 bits per heavy atom. The van der Waals surface area contributed by atoms with E-state index in [4.69, 9.17) is 4.74 Å². The molecule has 1 aliphatic heterocycles.